The number of rotatable bonds is 10. The van der Waals surface area contributed by atoms with Crippen molar-refractivity contribution in [2.24, 2.45) is 5.73 Å². The molecule has 2 aromatic rings. The van der Waals surface area contributed by atoms with Crippen LogP contribution in [0.1, 0.15) is 49.7 Å². The Morgan fingerprint density at radius 1 is 1.11 bits per heavy atom. The van der Waals surface area contributed by atoms with Crippen LogP contribution in [0.3, 0.4) is 0 Å². The molecule has 2 rings (SSSR count). The second-order valence-corrected chi connectivity index (χ2v) is 9.21. The standard InChI is InChI=1S/C23H33ClN8O4/c1-23(2,3)36-22(34)29-11-13-35-15-9-7-14(8-10-15)6-4-5-12-32(21(27)28)20(33)16-18(25)31-19(26)17(24)30-16/h7-10H,4-6,11-13H2,1-3H3,(H3,27,28)(H,29,34)(H4,25,26,31). The number of nitrogens with one attached hydrogen (secondary N) is 2. The number of nitrogen functional groups attached to an aromatic ring is 2. The van der Waals surface area contributed by atoms with Crippen molar-refractivity contribution in [3.63, 3.8) is 0 Å². The lowest BCUT2D eigenvalue weighted by Gasteiger charge is -2.20. The fourth-order valence-corrected chi connectivity index (χ4v) is 3.17. The van der Waals surface area contributed by atoms with Crippen LogP contribution in [0.4, 0.5) is 16.4 Å². The molecule has 12 nitrogen and oxygen atoms in total. The molecular formula is C23H33ClN8O4. The number of hydrogen-bond donors (Lipinski definition) is 5. The van der Waals surface area contributed by atoms with Gasteiger partial charge in [-0.1, -0.05) is 23.7 Å². The van der Waals surface area contributed by atoms with Crippen molar-refractivity contribution in [1.29, 1.82) is 5.41 Å². The van der Waals surface area contributed by atoms with Gasteiger partial charge in [-0.3, -0.25) is 15.1 Å². The lowest BCUT2D eigenvalue weighted by molar-refractivity contribution is 0.0520. The summed E-state index contributed by atoms with van der Waals surface area (Å²) in [6.45, 7) is 6.22. The molecule has 0 aliphatic heterocycles. The average Bonchev–Trinajstić information content (AvgIpc) is 2.78. The lowest BCUT2D eigenvalue weighted by Crippen LogP contribution is -2.42. The van der Waals surface area contributed by atoms with Crippen molar-refractivity contribution < 1.29 is 19.1 Å². The summed E-state index contributed by atoms with van der Waals surface area (Å²) >= 11 is 5.85. The Morgan fingerprint density at radius 2 is 1.78 bits per heavy atom. The first-order valence-corrected chi connectivity index (χ1v) is 11.7. The predicted octanol–water partition coefficient (Wildman–Crippen LogP) is 2.56. The maximum absolute atomic E-state index is 12.8. The number of halogens is 1. The van der Waals surface area contributed by atoms with Crippen LogP contribution in [-0.2, 0) is 11.2 Å². The summed E-state index contributed by atoms with van der Waals surface area (Å²) in [5.74, 6) is -0.696. The molecule has 0 bridgehead atoms. The number of unbranched alkanes of at least 4 members (excludes halogenated alkanes) is 1. The van der Waals surface area contributed by atoms with Gasteiger partial charge in [0.25, 0.3) is 5.91 Å². The maximum Gasteiger partial charge on any atom is 0.407 e. The third kappa shape index (κ3) is 9.10. The number of guanidine groups is 1. The summed E-state index contributed by atoms with van der Waals surface area (Å²) in [7, 11) is 0. The molecule has 0 fully saturated rings. The Hall–Kier alpha value is -3.80. The second-order valence-electron chi connectivity index (χ2n) is 8.85. The number of carbonyl (C=O) groups excluding carboxylic acids is 2. The van der Waals surface area contributed by atoms with Gasteiger partial charge in [-0.2, -0.15) is 0 Å². The minimum atomic E-state index is -0.669. The Morgan fingerprint density at radius 3 is 2.39 bits per heavy atom. The molecule has 196 valence electrons. The minimum absolute atomic E-state index is 0.0889. The van der Waals surface area contributed by atoms with Crippen molar-refractivity contribution in [2.75, 3.05) is 31.2 Å². The predicted molar refractivity (Wildman–Crippen MR) is 138 cm³/mol. The Balaban J connectivity index is 1.77. The summed E-state index contributed by atoms with van der Waals surface area (Å²) in [4.78, 5) is 33.1. The van der Waals surface area contributed by atoms with Crippen LogP contribution < -0.4 is 27.3 Å². The third-order valence-electron chi connectivity index (χ3n) is 4.70. The van der Waals surface area contributed by atoms with Gasteiger partial charge < -0.3 is 32.0 Å². The summed E-state index contributed by atoms with van der Waals surface area (Å²) in [5, 5.41) is 10.2. The molecule has 1 aromatic heterocycles. The number of aromatic nitrogens is 2. The summed E-state index contributed by atoms with van der Waals surface area (Å²) in [5.41, 5.74) is 17.2. The van der Waals surface area contributed by atoms with E-state index in [1.165, 1.54) is 0 Å². The fourth-order valence-electron chi connectivity index (χ4n) is 3.05. The SMILES string of the molecule is CC(C)(C)OC(=O)NCCOc1ccc(CCCCN(C(=N)N)C(=O)c2nc(Cl)c(N)nc2N)cc1. The number of nitrogens with two attached hydrogens (primary N) is 3. The number of benzene rings is 1. The number of anilines is 2. The first-order chi connectivity index (χ1) is 16.9. The van der Waals surface area contributed by atoms with Gasteiger partial charge in [0.2, 0.25) is 0 Å². The summed E-state index contributed by atoms with van der Waals surface area (Å²) in [6.07, 6.45) is 1.58. The van der Waals surface area contributed by atoms with E-state index in [4.69, 9.17) is 43.7 Å². The largest absolute Gasteiger partial charge is 0.492 e. The van der Waals surface area contributed by atoms with Gasteiger partial charge in [0.15, 0.2) is 28.4 Å². The molecule has 0 radical (unpaired) electrons. The molecule has 13 heteroatoms. The summed E-state index contributed by atoms with van der Waals surface area (Å²) < 4.78 is 10.8. The Labute approximate surface area is 215 Å². The Bertz CT molecular complexity index is 1070. The van der Waals surface area contributed by atoms with Crippen LogP contribution in [0.25, 0.3) is 0 Å². The minimum Gasteiger partial charge on any atom is -0.492 e. The van der Waals surface area contributed by atoms with Crippen LogP contribution in [0.15, 0.2) is 24.3 Å². The molecule has 1 heterocycles. The van der Waals surface area contributed by atoms with Gasteiger partial charge in [-0.15, -0.1) is 0 Å². The van der Waals surface area contributed by atoms with Crippen molar-refractivity contribution in [3.05, 3.63) is 40.7 Å². The van der Waals surface area contributed by atoms with E-state index >= 15 is 0 Å². The molecule has 1 aromatic carbocycles. The highest BCUT2D eigenvalue weighted by atomic mass is 35.5. The molecule has 36 heavy (non-hydrogen) atoms. The fraction of sp³-hybridized carbons (Fsp3) is 0.435. The number of amides is 2. The van der Waals surface area contributed by atoms with Crippen molar-refractivity contribution in [1.82, 2.24) is 20.2 Å². The number of ether oxygens (including phenoxy) is 2. The van der Waals surface area contributed by atoms with E-state index < -0.39 is 23.6 Å². The van der Waals surface area contributed by atoms with Crippen molar-refractivity contribution >= 4 is 41.2 Å². The normalized spacial score (nSPS) is 11.0. The molecule has 0 aliphatic carbocycles. The monoisotopic (exact) mass is 520 g/mol. The van der Waals surface area contributed by atoms with Gasteiger partial charge in [0.1, 0.15) is 18.0 Å². The average molecular weight is 521 g/mol. The number of aryl methyl sites for hydroxylation is 1. The molecule has 0 spiro atoms. The smallest absolute Gasteiger partial charge is 0.407 e. The topological polar surface area (TPSA) is 196 Å². The third-order valence-corrected chi connectivity index (χ3v) is 4.98. The van der Waals surface area contributed by atoms with Gasteiger partial charge in [0.05, 0.1) is 6.54 Å². The van der Waals surface area contributed by atoms with Crippen LogP contribution in [-0.4, -0.2) is 58.1 Å². The zero-order valence-electron chi connectivity index (χ0n) is 20.6. The highest BCUT2D eigenvalue weighted by Gasteiger charge is 2.24. The molecular weight excluding hydrogens is 488 g/mol. The number of nitrogens with zero attached hydrogens (tertiary/aromatic N) is 3. The van der Waals surface area contributed by atoms with Crippen LogP contribution >= 0.6 is 11.6 Å². The molecule has 8 N–H and O–H groups in total. The van der Waals surface area contributed by atoms with E-state index in [0.717, 1.165) is 23.3 Å². The van der Waals surface area contributed by atoms with Gasteiger partial charge in [0, 0.05) is 6.54 Å². The zero-order valence-corrected chi connectivity index (χ0v) is 21.4. The number of carbonyl (C=O) groups is 2. The van der Waals surface area contributed by atoms with Crippen LogP contribution in [0, 0.1) is 5.41 Å². The first kappa shape index (κ1) is 28.4. The highest BCUT2D eigenvalue weighted by molar-refractivity contribution is 6.31. The van der Waals surface area contributed by atoms with E-state index in [1.807, 2.05) is 24.3 Å². The van der Waals surface area contributed by atoms with Gasteiger partial charge >= 0.3 is 6.09 Å². The molecule has 0 saturated heterocycles. The van der Waals surface area contributed by atoms with E-state index in [-0.39, 0.29) is 29.0 Å². The molecule has 0 atom stereocenters. The highest BCUT2D eigenvalue weighted by Crippen LogP contribution is 2.19. The van der Waals surface area contributed by atoms with E-state index in [0.29, 0.717) is 25.3 Å². The van der Waals surface area contributed by atoms with Crippen molar-refractivity contribution in [3.8, 4) is 5.75 Å². The van der Waals surface area contributed by atoms with Gasteiger partial charge in [-0.05, 0) is 57.7 Å². The van der Waals surface area contributed by atoms with E-state index in [2.05, 4.69) is 15.3 Å². The molecule has 2 amide bonds. The quantitative estimate of drug-likeness (QED) is 0.177. The zero-order chi connectivity index (χ0) is 26.9. The second kappa shape index (κ2) is 12.8. The van der Waals surface area contributed by atoms with E-state index in [9.17, 15) is 9.59 Å². The maximum atomic E-state index is 12.8. The van der Waals surface area contributed by atoms with Crippen LogP contribution in [0.5, 0.6) is 5.75 Å². The summed E-state index contributed by atoms with van der Waals surface area (Å²) in [6, 6.07) is 7.58. The van der Waals surface area contributed by atoms with Gasteiger partial charge in [-0.25, -0.2) is 14.8 Å². The molecule has 0 saturated carbocycles. The number of alkyl carbamates (subject to hydrolysis) is 1. The van der Waals surface area contributed by atoms with Crippen LogP contribution in [0.2, 0.25) is 5.15 Å². The number of hydrogen-bond acceptors (Lipinski definition) is 9. The van der Waals surface area contributed by atoms with E-state index in [1.54, 1.807) is 20.8 Å². The first-order valence-electron chi connectivity index (χ1n) is 11.3. The lowest BCUT2D eigenvalue weighted by atomic mass is 10.1. The van der Waals surface area contributed by atoms with Crippen molar-refractivity contribution in [2.45, 2.75) is 45.6 Å². The molecule has 0 unspecified atom stereocenters. The molecule has 0 aliphatic rings. The Kier molecular flexibility index (Phi) is 10.1.